The van der Waals surface area contributed by atoms with Gasteiger partial charge in [-0.1, -0.05) is 52.5 Å². The van der Waals surface area contributed by atoms with E-state index in [0.717, 1.165) is 5.56 Å². The summed E-state index contributed by atoms with van der Waals surface area (Å²) in [7, 11) is 0. The number of aryl methyl sites for hydroxylation is 1. The quantitative estimate of drug-likeness (QED) is 0.669. The minimum Gasteiger partial charge on any atom is -0.277 e. The molecule has 1 aliphatic rings. The van der Waals surface area contributed by atoms with E-state index in [1.807, 2.05) is 19.1 Å². The van der Waals surface area contributed by atoms with E-state index >= 15 is 0 Å². The molecule has 1 amide bonds. The summed E-state index contributed by atoms with van der Waals surface area (Å²) >= 11 is 24.6. The standard InChI is InChI=1S/C17H13Cl4N3O/c1-8-3-4-11(19)14(5-8)22-16-9(2)17(25)24(23-16)15-12(20)6-10(18)7-13(15)21/h3-7,9H,1-2H3,(H,22,23). The van der Waals surface area contributed by atoms with E-state index in [-0.39, 0.29) is 16.0 Å². The molecule has 0 aliphatic carbocycles. The Morgan fingerprint density at radius 3 is 2.32 bits per heavy atom. The number of nitrogens with one attached hydrogen (secondary N) is 1. The third-order valence-corrected chi connectivity index (χ3v) is 4.89. The molecular formula is C17H13Cl4N3O. The van der Waals surface area contributed by atoms with Crippen molar-refractivity contribution < 1.29 is 4.79 Å². The highest BCUT2D eigenvalue weighted by molar-refractivity contribution is 6.43. The van der Waals surface area contributed by atoms with Crippen molar-refractivity contribution in [2.45, 2.75) is 13.8 Å². The van der Waals surface area contributed by atoms with Crippen molar-refractivity contribution in [1.82, 2.24) is 5.43 Å². The molecule has 25 heavy (non-hydrogen) atoms. The lowest BCUT2D eigenvalue weighted by molar-refractivity contribution is -0.119. The summed E-state index contributed by atoms with van der Waals surface area (Å²) < 4.78 is 0. The van der Waals surface area contributed by atoms with Gasteiger partial charge in [-0.05, 0) is 43.7 Å². The first-order valence-electron chi connectivity index (χ1n) is 7.38. The molecule has 0 radical (unpaired) electrons. The molecule has 8 heteroatoms. The molecule has 1 atom stereocenters. The molecule has 3 rings (SSSR count). The fourth-order valence-corrected chi connectivity index (χ4v) is 3.60. The SMILES string of the molecule is Cc1ccc(Cl)c(N=C2NN(c3c(Cl)cc(Cl)cc3Cl)C(=O)C2C)c1. The fourth-order valence-electron chi connectivity index (χ4n) is 2.45. The lowest BCUT2D eigenvalue weighted by Gasteiger charge is -2.19. The van der Waals surface area contributed by atoms with Crippen LogP contribution < -0.4 is 10.4 Å². The number of hydrogen-bond acceptors (Lipinski definition) is 2. The average Bonchev–Trinajstić information content (AvgIpc) is 2.79. The lowest BCUT2D eigenvalue weighted by atomic mass is 10.1. The Labute approximate surface area is 165 Å². The summed E-state index contributed by atoms with van der Waals surface area (Å²) in [5.41, 5.74) is 4.90. The number of nitrogens with zero attached hydrogens (tertiary/aromatic N) is 2. The number of hydrogen-bond donors (Lipinski definition) is 1. The molecule has 0 bridgehead atoms. The van der Waals surface area contributed by atoms with Crippen molar-refractivity contribution in [1.29, 1.82) is 0 Å². The molecule has 130 valence electrons. The van der Waals surface area contributed by atoms with Gasteiger partial charge in [-0.25, -0.2) is 10.0 Å². The molecule has 0 spiro atoms. The Kier molecular flexibility index (Phi) is 5.16. The predicted octanol–water partition coefficient (Wildman–Crippen LogP) is 5.83. The van der Waals surface area contributed by atoms with Gasteiger partial charge in [0.1, 0.15) is 11.5 Å². The molecule has 1 aliphatic heterocycles. The van der Waals surface area contributed by atoms with Gasteiger partial charge in [-0.2, -0.15) is 0 Å². The molecule has 0 saturated carbocycles. The number of benzene rings is 2. The van der Waals surface area contributed by atoms with Crippen LogP contribution in [0, 0.1) is 12.8 Å². The Morgan fingerprint density at radius 2 is 1.68 bits per heavy atom. The van der Waals surface area contributed by atoms with Crippen LogP contribution in [0.4, 0.5) is 11.4 Å². The summed E-state index contributed by atoms with van der Waals surface area (Å²) in [6.45, 7) is 3.69. The van der Waals surface area contributed by atoms with Crippen molar-refractivity contribution in [3.8, 4) is 0 Å². The molecule has 1 unspecified atom stereocenters. The zero-order valence-corrected chi connectivity index (χ0v) is 16.3. The van der Waals surface area contributed by atoms with E-state index in [1.165, 1.54) is 17.1 Å². The second kappa shape index (κ2) is 7.04. The topological polar surface area (TPSA) is 44.7 Å². The minimum absolute atomic E-state index is 0.228. The highest BCUT2D eigenvalue weighted by Gasteiger charge is 2.37. The molecule has 1 heterocycles. The second-order valence-corrected chi connectivity index (χ2v) is 7.34. The van der Waals surface area contributed by atoms with Gasteiger partial charge in [0.25, 0.3) is 5.91 Å². The minimum atomic E-state index is -0.501. The summed E-state index contributed by atoms with van der Waals surface area (Å²) in [4.78, 5) is 17.1. The maximum absolute atomic E-state index is 12.6. The van der Waals surface area contributed by atoms with Crippen LogP contribution in [0.25, 0.3) is 0 Å². The monoisotopic (exact) mass is 415 g/mol. The zero-order valence-electron chi connectivity index (χ0n) is 13.3. The van der Waals surface area contributed by atoms with Crippen LogP contribution in [0.1, 0.15) is 12.5 Å². The average molecular weight is 417 g/mol. The van der Waals surface area contributed by atoms with Gasteiger partial charge in [0, 0.05) is 5.02 Å². The molecule has 2 aromatic rings. The number of aliphatic imine (C=N–C) groups is 1. The largest absolute Gasteiger partial charge is 0.277 e. The van der Waals surface area contributed by atoms with Gasteiger partial charge in [-0.3, -0.25) is 10.2 Å². The van der Waals surface area contributed by atoms with Crippen LogP contribution in [-0.4, -0.2) is 11.7 Å². The van der Waals surface area contributed by atoms with E-state index in [1.54, 1.807) is 13.0 Å². The lowest BCUT2D eigenvalue weighted by Crippen LogP contribution is -2.36. The zero-order chi connectivity index (χ0) is 18.3. The van der Waals surface area contributed by atoms with Gasteiger partial charge in [-0.15, -0.1) is 0 Å². The Morgan fingerprint density at radius 1 is 1.04 bits per heavy atom. The summed E-state index contributed by atoms with van der Waals surface area (Å²) in [5.74, 6) is -0.271. The summed E-state index contributed by atoms with van der Waals surface area (Å²) in [6.07, 6.45) is 0. The van der Waals surface area contributed by atoms with Crippen molar-refractivity contribution in [2.24, 2.45) is 10.9 Å². The highest BCUT2D eigenvalue weighted by atomic mass is 35.5. The van der Waals surface area contributed by atoms with Crippen molar-refractivity contribution in [3.05, 3.63) is 56.0 Å². The predicted molar refractivity (Wildman–Crippen MR) is 105 cm³/mol. The Bertz CT molecular complexity index is 874. The first-order chi connectivity index (χ1) is 11.8. The first-order valence-corrected chi connectivity index (χ1v) is 8.89. The Hall–Kier alpha value is -1.46. The van der Waals surface area contributed by atoms with E-state index in [9.17, 15) is 4.79 Å². The van der Waals surface area contributed by atoms with E-state index in [4.69, 9.17) is 46.4 Å². The van der Waals surface area contributed by atoms with Gasteiger partial charge in [0.2, 0.25) is 0 Å². The van der Waals surface area contributed by atoms with Crippen LogP contribution in [0.15, 0.2) is 35.3 Å². The summed E-state index contributed by atoms with van der Waals surface area (Å²) in [5, 5.41) is 2.70. The van der Waals surface area contributed by atoms with Crippen LogP contribution in [0.5, 0.6) is 0 Å². The highest BCUT2D eigenvalue weighted by Crippen LogP contribution is 2.38. The molecule has 1 fully saturated rings. The molecule has 1 N–H and O–H groups in total. The number of carbonyl (C=O) groups excluding carboxylic acids is 1. The number of carbonyl (C=O) groups is 1. The van der Waals surface area contributed by atoms with Gasteiger partial charge >= 0.3 is 0 Å². The number of amides is 1. The maximum Gasteiger partial charge on any atom is 0.256 e. The number of anilines is 1. The Balaban J connectivity index is 2.01. The molecule has 4 nitrogen and oxygen atoms in total. The molecular weight excluding hydrogens is 404 g/mol. The summed E-state index contributed by atoms with van der Waals surface area (Å²) in [6, 6.07) is 8.55. The smallest absolute Gasteiger partial charge is 0.256 e. The van der Waals surface area contributed by atoms with Crippen molar-refractivity contribution in [3.63, 3.8) is 0 Å². The number of amidine groups is 1. The number of rotatable bonds is 2. The third-order valence-electron chi connectivity index (χ3n) is 3.78. The molecule has 0 aromatic heterocycles. The van der Waals surface area contributed by atoms with E-state index < -0.39 is 5.92 Å². The maximum atomic E-state index is 12.6. The second-order valence-electron chi connectivity index (χ2n) is 5.68. The van der Waals surface area contributed by atoms with Crippen LogP contribution in [-0.2, 0) is 4.79 Å². The fraction of sp³-hybridized carbons (Fsp3) is 0.176. The van der Waals surface area contributed by atoms with Crippen molar-refractivity contribution >= 4 is 69.5 Å². The van der Waals surface area contributed by atoms with Crippen LogP contribution >= 0.6 is 46.4 Å². The third kappa shape index (κ3) is 3.58. The van der Waals surface area contributed by atoms with E-state index in [2.05, 4.69) is 10.4 Å². The van der Waals surface area contributed by atoms with Crippen molar-refractivity contribution in [2.75, 3.05) is 5.01 Å². The first kappa shape index (κ1) is 18.3. The van der Waals surface area contributed by atoms with Gasteiger partial charge in [0.15, 0.2) is 0 Å². The molecule has 1 saturated heterocycles. The van der Waals surface area contributed by atoms with Crippen LogP contribution in [0.3, 0.4) is 0 Å². The van der Waals surface area contributed by atoms with Gasteiger partial charge < -0.3 is 0 Å². The van der Waals surface area contributed by atoms with Gasteiger partial charge in [0.05, 0.1) is 26.7 Å². The number of halogens is 4. The molecule has 2 aromatic carbocycles. The number of hydrazine groups is 1. The van der Waals surface area contributed by atoms with Crippen LogP contribution in [0.2, 0.25) is 20.1 Å². The van der Waals surface area contributed by atoms with E-state index in [0.29, 0.717) is 27.3 Å². The normalized spacial score (nSPS) is 18.8.